The fourth-order valence-corrected chi connectivity index (χ4v) is 2.38. The van der Waals surface area contributed by atoms with Gasteiger partial charge in [-0.3, -0.25) is 4.79 Å². The first kappa shape index (κ1) is 15.5. The topological polar surface area (TPSA) is 58.4 Å². The van der Waals surface area contributed by atoms with Crippen molar-refractivity contribution in [3.8, 4) is 0 Å². The molecule has 0 bridgehead atoms. The molecule has 3 N–H and O–H groups in total. The van der Waals surface area contributed by atoms with Crippen LogP contribution in [-0.2, 0) is 11.0 Å². The van der Waals surface area contributed by atoms with E-state index in [1.54, 1.807) is 4.90 Å². The van der Waals surface area contributed by atoms with E-state index in [-0.39, 0.29) is 23.8 Å². The first-order valence-corrected chi connectivity index (χ1v) is 6.86. The minimum Gasteiger partial charge on any atom is -0.399 e. The van der Waals surface area contributed by atoms with E-state index in [1.165, 1.54) is 12.1 Å². The average Bonchev–Trinajstić information content (AvgIpc) is 2.45. The Bertz CT molecular complexity index is 511. The van der Waals surface area contributed by atoms with Gasteiger partial charge in [0.25, 0.3) is 0 Å². The number of amides is 1. The molecule has 1 fully saturated rings. The summed E-state index contributed by atoms with van der Waals surface area (Å²) in [5, 5.41) is 2.58. The van der Waals surface area contributed by atoms with Crippen molar-refractivity contribution in [2.45, 2.75) is 25.4 Å². The van der Waals surface area contributed by atoms with Crippen LogP contribution in [-0.4, -0.2) is 30.4 Å². The van der Waals surface area contributed by atoms with Gasteiger partial charge in [-0.1, -0.05) is 0 Å². The van der Waals surface area contributed by atoms with Gasteiger partial charge in [0.05, 0.1) is 12.1 Å². The van der Waals surface area contributed by atoms with Gasteiger partial charge in [-0.05, 0) is 37.5 Å². The molecule has 1 heterocycles. The normalized spacial score (nSPS) is 15.9. The molecule has 0 atom stereocenters. The van der Waals surface area contributed by atoms with E-state index in [0.717, 1.165) is 25.3 Å². The SMILES string of the molecule is Nc1ccc(NCC(=O)N2CCCCC2)c(C(F)(F)F)c1. The van der Waals surface area contributed by atoms with Crippen LogP contribution in [0.2, 0.25) is 0 Å². The van der Waals surface area contributed by atoms with Gasteiger partial charge in [0.2, 0.25) is 5.91 Å². The molecule has 2 rings (SSSR count). The smallest absolute Gasteiger partial charge is 0.399 e. The summed E-state index contributed by atoms with van der Waals surface area (Å²) in [7, 11) is 0. The average molecular weight is 301 g/mol. The lowest BCUT2D eigenvalue weighted by Gasteiger charge is -2.27. The number of rotatable bonds is 3. The van der Waals surface area contributed by atoms with E-state index in [2.05, 4.69) is 5.32 Å². The van der Waals surface area contributed by atoms with Crippen LogP contribution in [0.4, 0.5) is 24.5 Å². The minimum absolute atomic E-state index is 0.0373. The lowest BCUT2D eigenvalue weighted by molar-refractivity contribution is -0.137. The highest BCUT2D eigenvalue weighted by Gasteiger charge is 2.33. The van der Waals surface area contributed by atoms with Gasteiger partial charge in [0.1, 0.15) is 0 Å². The molecule has 1 aromatic rings. The summed E-state index contributed by atoms with van der Waals surface area (Å²) in [4.78, 5) is 13.6. The number of nitrogens with zero attached hydrogens (tertiary/aromatic N) is 1. The summed E-state index contributed by atoms with van der Waals surface area (Å²) in [6, 6.07) is 3.50. The number of halogens is 3. The van der Waals surface area contributed by atoms with Crippen LogP contribution in [0, 0.1) is 0 Å². The molecule has 116 valence electrons. The number of alkyl halides is 3. The fraction of sp³-hybridized carbons (Fsp3) is 0.500. The van der Waals surface area contributed by atoms with Crippen molar-refractivity contribution in [1.82, 2.24) is 4.90 Å². The third-order valence-corrected chi connectivity index (χ3v) is 3.49. The van der Waals surface area contributed by atoms with Crippen LogP contribution in [0.15, 0.2) is 18.2 Å². The van der Waals surface area contributed by atoms with Gasteiger partial charge in [-0.25, -0.2) is 0 Å². The first-order chi connectivity index (χ1) is 9.88. The van der Waals surface area contributed by atoms with Gasteiger partial charge in [-0.2, -0.15) is 13.2 Å². The van der Waals surface area contributed by atoms with Gasteiger partial charge >= 0.3 is 6.18 Å². The lowest BCUT2D eigenvalue weighted by Crippen LogP contribution is -2.39. The van der Waals surface area contributed by atoms with E-state index < -0.39 is 11.7 Å². The lowest BCUT2D eigenvalue weighted by atomic mass is 10.1. The Morgan fingerprint density at radius 1 is 1.24 bits per heavy atom. The maximum Gasteiger partial charge on any atom is 0.418 e. The Morgan fingerprint density at radius 2 is 1.90 bits per heavy atom. The standard InChI is InChI=1S/C14H18F3N3O/c15-14(16,17)11-8-10(18)4-5-12(11)19-9-13(21)20-6-2-1-3-7-20/h4-5,8,19H,1-3,6-7,9,18H2. The molecule has 7 heteroatoms. The molecule has 21 heavy (non-hydrogen) atoms. The van der Waals surface area contributed by atoms with Crippen molar-refractivity contribution in [3.63, 3.8) is 0 Å². The van der Waals surface area contributed by atoms with Crippen LogP contribution in [0.5, 0.6) is 0 Å². The number of nitrogens with two attached hydrogens (primary N) is 1. The second kappa shape index (κ2) is 6.24. The minimum atomic E-state index is -4.51. The van der Waals surface area contributed by atoms with Gasteiger partial charge in [0.15, 0.2) is 0 Å². The second-order valence-corrected chi connectivity index (χ2v) is 5.10. The van der Waals surface area contributed by atoms with Gasteiger partial charge in [0, 0.05) is 24.5 Å². The maximum atomic E-state index is 12.9. The zero-order valence-electron chi connectivity index (χ0n) is 11.5. The van der Waals surface area contributed by atoms with E-state index >= 15 is 0 Å². The Labute approximate surface area is 121 Å². The number of anilines is 2. The molecule has 1 saturated heterocycles. The number of nitrogen functional groups attached to an aromatic ring is 1. The van der Waals surface area contributed by atoms with E-state index in [9.17, 15) is 18.0 Å². The molecule has 0 unspecified atom stereocenters. The summed E-state index contributed by atoms with van der Waals surface area (Å²) in [5.74, 6) is -0.181. The summed E-state index contributed by atoms with van der Waals surface area (Å²) in [6.45, 7) is 1.20. The molecule has 1 aliphatic rings. The third-order valence-electron chi connectivity index (χ3n) is 3.49. The third kappa shape index (κ3) is 4.03. The van der Waals surface area contributed by atoms with Crippen molar-refractivity contribution < 1.29 is 18.0 Å². The van der Waals surface area contributed by atoms with Crippen molar-refractivity contribution in [1.29, 1.82) is 0 Å². The predicted molar refractivity (Wildman–Crippen MR) is 74.8 cm³/mol. The van der Waals surface area contributed by atoms with E-state index in [1.807, 2.05) is 0 Å². The van der Waals surface area contributed by atoms with Gasteiger partial charge in [-0.15, -0.1) is 0 Å². The number of carbonyl (C=O) groups excluding carboxylic acids is 1. The molecule has 1 aromatic carbocycles. The Hall–Kier alpha value is -1.92. The zero-order valence-corrected chi connectivity index (χ0v) is 11.5. The number of benzene rings is 1. The quantitative estimate of drug-likeness (QED) is 0.844. The summed E-state index contributed by atoms with van der Waals surface area (Å²) < 4.78 is 38.7. The number of likely N-dealkylation sites (tertiary alicyclic amines) is 1. The molecule has 1 aliphatic heterocycles. The fourth-order valence-electron chi connectivity index (χ4n) is 2.38. The number of carbonyl (C=O) groups is 1. The van der Waals surface area contributed by atoms with Crippen molar-refractivity contribution in [2.24, 2.45) is 0 Å². The summed E-state index contributed by atoms with van der Waals surface area (Å²) >= 11 is 0. The molecule has 0 spiro atoms. The van der Waals surface area contributed by atoms with Crippen LogP contribution < -0.4 is 11.1 Å². The van der Waals surface area contributed by atoms with E-state index in [4.69, 9.17) is 5.73 Å². The van der Waals surface area contributed by atoms with Crippen molar-refractivity contribution >= 4 is 17.3 Å². The molecule has 0 radical (unpaired) electrons. The Morgan fingerprint density at radius 3 is 2.52 bits per heavy atom. The molecule has 0 saturated carbocycles. The number of nitrogens with one attached hydrogen (secondary N) is 1. The summed E-state index contributed by atoms with van der Waals surface area (Å²) in [5.41, 5.74) is 4.46. The summed E-state index contributed by atoms with van der Waals surface area (Å²) in [6.07, 6.45) is -1.53. The highest BCUT2D eigenvalue weighted by molar-refractivity contribution is 5.81. The molecule has 0 aliphatic carbocycles. The largest absolute Gasteiger partial charge is 0.418 e. The molecular weight excluding hydrogens is 283 g/mol. The number of piperidine rings is 1. The first-order valence-electron chi connectivity index (χ1n) is 6.86. The highest BCUT2D eigenvalue weighted by Crippen LogP contribution is 2.35. The number of hydrogen-bond donors (Lipinski definition) is 2. The Kier molecular flexibility index (Phi) is 4.59. The van der Waals surface area contributed by atoms with Crippen LogP contribution in [0.1, 0.15) is 24.8 Å². The predicted octanol–water partition coefficient (Wildman–Crippen LogP) is 2.71. The molecule has 4 nitrogen and oxygen atoms in total. The van der Waals surface area contributed by atoms with Gasteiger partial charge < -0.3 is 16.0 Å². The zero-order chi connectivity index (χ0) is 15.5. The maximum absolute atomic E-state index is 12.9. The second-order valence-electron chi connectivity index (χ2n) is 5.10. The van der Waals surface area contributed by atoms with Crippen LogP contribution >= 0.6 is 0 Å². The highest BCUT2D eigenvalue weighted by atomic mass is 19.4. The Balaban J connectivity index is 2.04. The van der Waals surface area contributed by atoms with Crippen LogP contribution in [0.3, 0.4) is 0 Å². The van der Waals surface area contributed by atoms with Crippen molar-refractivity contribution in [3.05, 3.63) is 23.8 Å². The molecule has 0 aromatic heterocycles. The van der Waals surface area contributed by atoms with Crippen LogP contribution in [0.25, 0.3) is 0 Å². The van der Waals surface area contributed by atoms with E-state index in [0.29, 0.717) is 13.1 Å². The molecular formula is C14H18F3N3O. The molecule has 1 amide bonds. The number of hydrogen-bond acceptors (Lipinski definition) is 3. The van der Waals surface area contributed by atoms with Crippen molar-refractivity contribution in [2.75, 3.05) is 30.7 Å². The monoisotopic (exact) mass is 301 g/mol.